The molecule has 4 rings (SSSR count). The largest absolute Gasteiger partial charge is 0.332 e. The normalized spacial score (nSPS) is 13.6. The summed E-state index contributed by atoms with van der Waals surface area (Å²) in [4.78, 5) is 38.8. The van der Waals surface area contributed by atoms with E-state index in [0.717, 1.165) is 0 Å². The topological polar surface area (TPSA) is 79.0 Å². The summed E-state index contributed by atoms with van der Waals surface area (Å²) in [5.41, 5.74) is 1.65. The zero-order valence-corrected chi connectivity index (χ0v) is 14.6. The standard InChI is InChI=1S/C17H13ClN4O2S/c18-11-5-8-25-14(11)17(24)22-7-4-10-13(9-22)20-15(21-16(10)23)12-3-1-2-6-19-12/h1-3,5-6,8H,4,7,9H2,(H,20,21,23). The highest BCUT2D eigenvalue weighted by atomic mass is 35.5. The van der Waals surface area contributed by atoms with Gasteiger partial charge in [0.25, 0.3) is 11.5 Å². The summed E-state index contributed by atoms with van der Waals surface area (Å²) in [5, 5.41) is 2.24. The Morgan fingerprint density at radius 3 is 2.92 bits per heavy atom. The zero-order valence-electron chi connectivity index (χ0n) is 13.0. The third-order valence-corrected chi connectivity index (χ3v) is 5.41. The molecule has 0 unspecified atom stereocenters. The predicted octanol–water partition coefficient (Wildman–Crippen LogP) is 2.75. The number of pyridine rings is 1. The van der Waals surface area contributed by atoms with Crippen LogP contribution in [0.1, 0.15) is 20.9 Å². The van der Waals surface area contributed by atoms with Crippen LogP contribution in [0.15, 0.2) is 40.6 Å². The molecule has 0 radical (unpaired) electrons. The van der Waals surface area contributed by atoms with Gasteiger partial charge in [-0.1, -0.05) is 17.7 Å². The molecular weight excluding hydrogens is 360 g/mol. The van der Waals surface area contributed by atoms with Gasteiger partial charge in [0.2, 0.25) is 0 Å². The maximum absolute atomic E-state index is 12.7. The van der Waals surface area contributed by atoms with Crippen molar-refractivity contribution in [3.05, 3.63) is 67.4 Å². The SMILES string of the molecule is O=C(c1sccc1Cl)N1CCc2c(nc(-c3ccccn3)[nH]c2=O)C1. The maximum atomic E-state index is 12.7. The number of carbonyl (C=O) groups is 1. The molecule has 8 heteroatoms. The monoisotopic (exact) mass is 372 g/mol. The molecule has 126 valence electrons. The van der Waals surface area contributed by atoms with Gasteiger partial charge in [0, 0.05) is 18.3 Å². The highest BCUT2D eigenvalue weighted by Gasteiger charge is 2.27. The molecule has 0 aliphatic carbocycles. The van der Waals surface area contributed by atoms with E-state index in [1.54, 1.807) is 34.7 Å². The number of nitrogens with zero attached hydrogens (tertiary/aromatic N) is 3. The number of nitrogens with one attached hydrogen (secondary N) is 1. The number of hydrogen-bond donors (Lipinski definition) is 1. The number of thiophene rings is 1. The second kappa shape index (κ2) is 6.42. The molecule has 0 atom stereocenters. The first-order chi connectivity index (χ1) is 12.1. The van der Waals surface area contributed by atoms with Crippen LogP contribution < -0.4 is 5.56 Å². The van der Waals surface area contributed by atoms with Crippen LogP contribution in [0.5, 0.6) is 0 Å². The molecule has 0 spiro atoms. The zero-order chi connectivity index (χ0) is 17.4. The summed E-state index contributed by atoms with van der Waals surface area (Å²) < 4.78 is 0. The number of carbonyl (C=O) groups excluding carboxylic acids is 1. The van der Waals surface area contributed by atoms with Gasteiger partial charge in [0.15, 0.2) is 5.82 Å². The Labute approximate surface area is 152 Å². The molecule has 3 aromatic rings. The second-order valence-corrected chi connectivity index (χ2v) is 6.95. The van der Waals surface area contributed by atoms with E-state index < -0.39 is 0 Å². The van der Waals surface area contributed by atoms with Crippen molar-refractivity contribution in [2.75, 3.05) is 6.54 Å². The molecular formula is C17H13ClN4O2S. The number of H-pyrrole nitrogens is 1. The van der Waals surface area contributed by atoms with Gasteiger partial charge >= 0.3 is 0 Å². The van der Waals surface area contributed by atoms with Crippen molar-refractivity contribution < 1.29 is 4.79 Å². The molecule has 0 aromatic carbocycles. The number of aromatic nitrogens is 3. The molecule has 25 heavy (non-hydrogen) atoms. The van der Waals surface area contributed by atoms with Crippen molar-refractivity contribution in [2.24, 2.45) is 0 Å². The maximum Gasteiger partial charge on any atom is 0.265 e. The Balaban J connectivity index is 1.68. The second-order valence-electron chi connectivity index (χ2n) is 5.63. The number of amides is 1. The molecule has 1 aliphatic rings. The van der Waals surface area contributed by atoms with Gasteiger partial charge in [0.05, 0.1) is 17.3 Å². The molecule has 1 N–H and O–H groups in total. The Morgan fingerprint density at radius 1 is 1.32 bits per heavy atom. The van der Waals surface area contributed by atoms with Gasteiger partial charge in [-0.05, 0) is 30.0 Å². The molecule has 0 saturated heterocycles. The fourth-order valence-corrected chi connectivity index (χ4v) is 3.93. The Bertz CT molecular complexity index is 999. The first kappa shape index (κ1) is 16.0. The van der Waals surface area contributed by atoms with Crippen molar-refractivity contribution in [3.63, 3.8) is 0 Å². The van der Waals surface area contributed by atoms with Crippen LogP contribution in [-0.4, -0.2) is 32.3 Å². The lowest BCUT2D eigenvalue weighted by Gasteiger charge is -2.27. The molecule has 1 amide bonds. The lowest BCUT2D eigenvalue weighted by atomic mass is 10.1. The van der Waals surface area contributed by atoms with E-state index in [0.29, 0.717) is 45.6 Å². The summed E-state index contributed by atoms with van der Waals surface area (Å²) in [6.07, 6.45) is 2.11. The molecule has 0 fully saturated rings. The van der Waals surface area contributed by atoms with Crippen molar-refractivity contribution in [1.29, 1.82) is 0 Å². The van der Waals surface area contributed by atoms with Gasteiger partial charge in [-0.2, -0.15) is 0 Å². The van der Waals surface area contributed by atoms with Crippen LogP contribution >= 0.6 is 22.9 Å². The van der Waals surface area contributed by atoms with E-state index in [1.165, 1.54) is 11.3 Å². The minimum Gasteiger partial charge on any atom is -0.332 e. The fourth-order valence-electron chi connectivity index (χ4n) is 2.83. The number of rotatable bonds is 2. The molecule has 6 nitrogen and oxygen atoms in total. The van der Waals surface area contributed by atoms with Crippen molar-refractivity contribution in [2.45, 2.75) is 13.0 Å². The van der Waals surface area contributed by atoms with Crippen LogP contribution in [0.3, 0.4) is 0 Å². The van der Waals surface area contributed by atoms with Crippen molar-refractivity contribution >= 4 is 28.8 Å². The number of aromatic amines is 1. The predicted molar refractivity (Wildman–Crippen MR) is 95.9 cm³/mol. The molecule has 3 aromatic heterocycles. The number of hydrogen-bond acceptors (Lipinski definition) is 5. The van der Waals surface area contributed by atoms with Crippen LogP contribution in [0.2, 0.25) is 5.02 Å². The van der Waals surface area contributed by atoms with Gasteiger partial charge in [-0.15, -0.1) is 11.3 Å². The summed E-state index contributed by atoms with van der Waals surface area (Å²) >= 11 is 7.38. The quantitative estimate of drug-likeness (QED) is 0.750. The highest BCUT2D eigenvalue weighted by molar-refractivity contribution is 7.12. The van der Waals surface area contributed by atoms with E-state index in [1.807, 2.05) is 6.07 Å². The molecule has 4 heterocycles. The summed E-state index contributed by atoms with van der Waals surface area (Å²) in [5.74, 6) is 0.278. The Morgan fingerprint density at radius 2 is 2.20 bits per heavy atom. The Kier molecular flexibility index (Phi) is 4.10. The highest BCUT2D eigenvalue weighted by Crippen LogP contribution is 2.26. The minimum atomic E-state index is -0.174. The van der Waals surface area contributed by atoms with Gasteiger partial charge in [0.1, 0.15) is 10.6 Å². The average molecular weight is 373 g/mol. The lowest BCUT2D eigenvalue weighted by molar-refractivity contribution is 0.0736. The third-order valence-electron chi connectivity index (χ3n) is 4.08. The average Bonchev–Trinajstić information content (AvgIpc) is 3.07. The number of halogens is 1. The van der Waals surface area contributed by atoms with E-state index >= 15 is 0 Å². The van der Waals surface area contributed by atoms with Crippen LogP contribution in [-0.2, 0) is 13.0 Å². The van der Waals surface area contributed by atoms with Crippen molar-refractivity contribution in [1.82, 2.24) is 19.9 Å². The van der Waals surface area contributed by atoms with Crippen LogP contribution in [0.4, 0.5) is 0 Å². The fraction of sp³-hybridized carbons (Fsp3) is 0.176. The van der Waals surface area contributed by atoms with E-state index in [9.17, 15) is 9.59 Å². The third kappa shape index (κ3) is 2.96. The van der Waals surface area contributed by atoms with Gasteiger partial charge in [-0.25, -0.2) is 4.98 Å². The summed E-state index contributed by atoms with van der Waals surface area (Å²) in [6.45, 7) is 0.750. The first-order valence-electron chi connectivity index (χ1n) is 7.69. The van der Waals surface area contributed by atoms with Crippen LogP contribution in [0.25, 0.3) is 11.5 Å². The van der Waals surface area contributed by atoms with Crippen molar-refractivity contribution in [3.8, 4) is 11.5 Å². The van der Waals surface area contributed by atoms with E-state index in [4.69, 9.17) is 11.6 Å². The molecule has 1 aliphatic heterocycles. The molecule has 0 saturated carbocycles. The van der Waals surface area contributed by atoms with Gasteiger partial charge in [-0.3, -0.25) is 14.6 Å². The summed E-state index contributed by atoms with van der Waals surface area (Å²) in [6, 6.07) is 7.11. The summed E-state index contributed by atoms with van der Waals surface area (Å²) in [7, 11) is 0. The van der Waals surface area contributed by atoms with Crippen LogP contribution in [0, 0.1) is 0 Å². The first-order valence-corrected chi connectivity index (χ1v) is 8.95. The lowest BCUT2D eigenvalue weighted by Crippen LogP contribution is -2.39. The molecule has 0 bridgehead atoms. The number of fused-ring (bicyclic) bond motifs is 1. The Hall–Kier alpha value is -2.51. The van der Waals surface area contributed by atoms with E-state index in [-0.39, 0.29) is 18.0 Å². The van der Waals surface area contributed by atoms with E-state index in [2.05, 4.69) is 15.0 Å². The smallest absolute Gasteiger partial charge is 0.265 e. The minimum absolute atomic E-state index is 0.132. The van der Waals surface area contributed by atoms with Gasteiger partial charge < -0.3 is 9.88 Å².